The molecule has 10 aromatic carbocycles. The molecule has 12 aromatic rings. The van der Waals surface area contributed by atoms with E-state index in [0.29, 0.717) is 5.82 Å². The van der Waals surface area contributed by atoms with Crippen molar-refractivity contribution in [3.8, 4) is 67.3 Å². The van der Waals surface area contributed by atoms with Crippen LogP contribution in [-0.2, 0) is 0 Å². The summed E-state index contributed by atoms with van der Waals surface area (Å²) in [5.74, 6) is 0.669. The summed E-state index contributed by atoms with van der Waals surface area (Å²) in [4.78, 5) is 10.6. The second-order valence-electron chi connectivity index (χ2n) is 15.7. The number of furan rings is 1. The van der Waals surface area contributed by atoms with E-state index in [0.717, 1.165) is 77.8 Å². The van der Waals surface area contributed by atoms with E-state index < -0.39 is 0 Å². The minimum absolute atomic E-state index is 0.669. The van der Waals surface area contributed by atoms with E-state index in [-0.39, 0.29) is 0 Å². The summed E-state index contributed by atoms with van der Waals surface area (Å²) in [6.45, 7) is 0. The zero-order valence-corrected chi connectivity index (χ0v) is 33.1. The van der Waals surface area contributed by atoms with Crippen molar-refractivity contribution in [2.45, 2.75) is 0 Å². The maximum absolute atomic E-state index is 6.47. The van der Waals surface area contributed by atoms with Crippen molar-refractivity contribution in [3.63, 3.8) is 0 Å². The quantitative estimate of drug-likeness (QED) is 0.125. The molecule has 3 nitrogen and oxygen atoms in total. The Balaban J connectivity index is 1.01. The molecule has 0 radical (unpaired) electrons. The van der Waals surface area contributed by atoms with Crippen LogP contribution in [0, 0.1) is 0 Å². The summed E-state index contributed by atoms with van der Waals surface area (Å²) in [5.41, 5.74) is 13.3. The van der Waals surface area contributed by atoms with E-state index in [1.807, 2.05) is 12.1 Å². The van der Waals surface area contributed by atoms with Crippen LogP contribution in [0.15, 0.2) is 223 Å². The molecule has 0 spiro atoms. The van der Waals surface area contributed by atoms with Crippen molar-refractivity contribution in [1.29, 1.82) is 0 Å². The molecule has 0 aliphatic rings. The molecule has 0 fully saturated rings. The first kappa shape index (κ1) is 34.9. The van der Waals surface area contributed by atoms with Crippen LogP contribution in [0.4, 0.5) is 0 Å². The lowest BCUT2D eigenvalue weighted by molar-refractivity contribution is 0.670. The molecule has 0 bridgehead atoms. The van der Waals surface area contributed by atoms with Crippen LogP contribution < -0.4 is 0 Å². The van der Waals surface area contributed by atoms with Crippen LogP contribution in [0.25, 0.3) is 122 Å². The van der Waals surface area contributed by atoms with Crippen LogP contribution in [0.5, 0.6) is 0 Å². The minimum Gasteiger partial charge on any atom is -0.455 e. The van der Waals surface area contributed by atoms with Gasteiger partial charge >= 0.3 is 0 Å². The Morgan fingerprint density at radius 1 is 0.295 bits per heavy atom. The van der Waals surface area contributed by atoms with E-state index in [2.05, 4.69) is 206 Å². The monoisotopic (exact) mass is 776 g/mol. The first-order valence-corrected chi connectivity index (χ1v) is 20.7. The first-order chi connectivity index (χ1) is 30.2. The lowest BCUT2D eigenvalue weighted by Crippen LogP contribution is -1.96. The number of hydrogen-bond acceptors (Lipinski definition) is 3. The fourth-order valence-electron chi connectivity index (χ4n) is 9.10. The SMILES string of the molecule is c1ccc(-c2cccc(-c3cc(-c4cccc(-c5cccc6c5oc5ccccc56)c4)nc(-c4ccc(-c5c6ccccc6cc6c5ccc5ccccc56)cc4)n3)c2)cc1. The summed E-state index contributed by atoms with van der Waals surface area (Å²) in [6, 6.07) is 77.5. The smallest absolute Gasteiger partial charge is 0.160 e. The van der Waals surface area contributed by atoms with E-state index in [4.69, 9.17) is 14.4 Å². The van der Waals surface area contributed by atoms with Gasteiger partial charge in [0.2, 0.25) is 0 Å². The van der Waals surface area contributed by atoms with Gasteiger partial charge in [0.1, 0.15) is 11.2 Å². The molecule has 0 saturated carbocycles. The van der Waals surface area contributed by atoms with Crippen molar-refractivity contribution in [2.75, 3.05) is 0 Å². The highest BCUT2D eigenvalue weighted by Crippen LogP contribution is 2.41. The van der Waals surface area contributed by atoms with Crippen molar-refractivity contribution in [1.82, 2.24) is 9.97 Å². The molecule has 2 aromatic heterocycles. The molecule has 0 unspecified atom stereocenters. The summed E-state index contributed by atoms with van der Waals surface area (Å²) < 4.78 is 6.47. The van der Waals surface area contributed by atoms with Crippen LogP contribution in [0.1, 0.15) is 0 Å². The van der Waals surface area contributed by atoms with Gasteiger partial charge in [-0.2, -0.15) is 0 Å². The number of aromatic nitrogens is 2. The molecular weight excluding hydrogens is 741 g/mol. The Kier molecular flexibility index (Phi) is 8.17. The Labute approximate surface area is 352 Å². The molecule has 3 heteroatoms. The third kappa shape index (κ3) is 6.06. The zero-order valence-electron chi connectivity index (χ0n) is 33.1. The number of hydrogen-bond donors (Lipinski definition) is 0. The highest BCUT2D eigenvalue weighted by molar-refractivity contribution is 6.20. The van der Waals surface area contributed by atoms with Gasteiger partial charge in [-0.15, -0.1) is 0 Å². The van der Waals surface area contributed by atoms with E-state index in [1.54, 1.807) is 0 Å². The van der Waals surface area contributed by atoms with Gasteiger partial charge < -0.3 is 4.42 Å². The van der Waals surface area contributed by atoms with Crippen molar-refractivity contribution in [3.05, 3.63) is 218 Å². The number of rotatable bonds is 6. The van der Waals surface area contributed by atoms with Gasteiger partial charge in [0.25, 0.3) is 0 Å². The standard InChI is InChI=1S/C58H36N2O/c1-2-13-37(14-3-1)41-17-10-19-44(33-41)53-36-54(45-20-11-18-42(34-45)48-24-12-25-51-49-23-8-9-26-55(49)61-57(48)51)60-58(59-53)40-29-27-39(28-30-40)56-47-22-7-5-16-43(47)35-52-46-21-6-4-15-38(46)31-32-50(52)56/h1-36H. The van der Waals surface area contributed by atoms with Gasteiger partial charge in [-0.05, 0) is 90.5 Å². The van der Waals surface area contributed by atoms with Gasteiger partial charge in [0.15, 0.2) is 5.82 Å². The topological polar surface area (TPSA) is 38.9 Å². The lowest BCUT2D eigenvalue weighted by Gasteiger charge is -2.15. The third-order valence-electron chi connectivity index (χ3n) is 12.1. The lowest BCUT2D eigenvalue weighted by atomic mass is 9.89. The maximum Gasteiger partial charge on any atom is 0.160 e. The van der Waals surface area contributed by atoms with Crippen LogP contribution in [-0.4, -0.2) is 9.97 Å². The first-order valence-electron chi connectivity index (χ1n) is 20.7. The Bertz CT molecular complexity index is 3640. The number of benzene rings is 10. The zero-order chi connectivity index (χ0) is 40.3. The van der Waals surface area contributed by atoms with Crippen LogP contribution in [0.3, 0.4) is 0 Å². The van der Waals surface area contributed by atoms with Gasteiger partial charge in [-0.3, -0.25) is 0 Å². The largest absolute Gasteiger partial charge is 0.455 e. The molecule has 284 valence electrons. The Hall–Kier alpha value is -8.14. The molecule has 2 heterocycles. The average molecular weight is 777 g/mol. The Morgan fingerprint density at radius 2 is 0.885 bits per heavy atom. The average Bonchev–Trinajstić information content (AvgIpc) is 3.73. The highest BCUT2D eigenvalue weighted by atomic mass is 16.3. The van der Waals surface area contributed by atoms with E-state index >= 15 is 0 Å². The van der Waals surface area contributed by atoms with Crippen LogP contribution in [0.2, 0.25) is 0 Å². The van der Waals surface area contributed by atoms with Crippen LogP contribution >= 0.6 is 0 Å². The second kappa shape index (κ2) is 14.3. The molecule has 0 aliphatic carbocycles. The molecular formula is C58H36N2O. The second-order valence-corrected chi connectivity index (χ2v) is 15.7. The maximum atomic E-state index is 6.47. The predicted octanol–water partition coefficient (Wildman–Crippen LogP) is 15.8. The molecule has 0 N–H and O–H groups in total. The minimum atomic E-state index is 0.669. The van der Waals surface area contributed by atoms with Crippen molar-refractivity contribution in [2.24, 2.45) is 0 Å². The third-order valence-corrected chi connectivity index (χ3v) is 12.1. The molecule has 61 heavy (non-hydrogen) atoms. The molecule has 12 rings (SSSR count). The molecule has 0 atom stereocenters. The van der Waals surface area contributed by atoms with Gasteiger partial charge in [-0.25, -0.2) is 9.97 Å². The molecule has 0 saturated heterocycles. The predicted molar refractivity (Wildman–Crippen MR) is 254 cm³/mol. The molecule has 0 aliphatic heterocycles. The Morgan fingerprint density at radius 3 is 1.69 bits per heavy atom. The summed E-state index contributed by atoms with van der Waals surface area (Å²) in [7, 11) is 0. The number of para-hydroxylation sites is 2. The number of nitrogens with zero attached hydrogens (tertiary/aromatic N) is 2. The fraction of sp³-hybridized carbons (Fsp3) is 0. The highest BCUT2D eigenvalue weighted by Gasteiger charge is 2.17. The molecule has 0 amide bonds. The van der Waals surface area contributed by atoms with E-state index in [1.165, 1.54) is 37.9 Å². The van der Waals surface area contributed by atoms with Crippen molar-refractivity contribution < 1.29 is 4.42 Å². The van der Waals surface area contributed by atoms with Gasteiger partial charge in [-0.1, -0.05) is 188 Å². The summed E-state index contributed by atoms with van der Waals surface area (Å²) in [6.07, 6.45) is 0. The normalized spacial score (nSPS) is 11.6. The van der Waals surface area contributed by atoms with E-state index in [9.17, 15) is 0 Å². The van der Waals surface area contributed by atoms with Gasteiger partial charge in [0.05, 0.1) is 11.4 Å². The summed E-state index contributed by atoms with van der Waals surface area (Å²) >= 11 is 0. The van der Waals surface area contributed by atoms with Crippen molar-refractivity contribution >= 4 is 54.3 Å². The fourth-order valence-corrected chi connectivity index (χ4v) is 9.10. The number of fused-ring (bicyclic) bond motifs is 7. The summed E-state index contributed by atoms with van der Waals surface area (Å²) in [5, 5.41) is 9.68. The van der Waals surface area contributed by atoms with Gasteiger partial charge in [0, 0.05) is 33.0 Å².